The first kappa shape index (κ1) is 19.6. The van der Waals surface area contributed by atoms with E-state index in [0.29, 0.717) is 15.7 Å². The number of nitrogens with zero attached hydrogens (tertiary/aromatic N) is 3. The van der Waals surface area contributed by atoms with Gasteiger partial charge in [-0.3, -0.25) is 4.79 Å². The zero-order valence-corrected chi connectivity index (χ0v) is 17.7. The fourth-order valence-electron chi connectivity index (χ4n) is 2.93. The molecule has 2 N–H and O–H groups in total. The Morgan fingerprint density at radius 2 is 2.03 bits per heavy atom. The van der Waals surface area contributed by atoms with Gasteiger partial charge in [0.15, 0.2) is 4.90 Å². The summed E-state index contributed by atoms with van der Waals surface area (Å²) in [6.07, 6.45) is 1.75. The third-order valence-corrected chi connectivity index (χ3v) is 6.50. The lowest BCUT2D eigenvalue weighted by Gasteiger charge is -2.10. The van der Waals surface area contributed by atoms with Gasteiger partial charge < -0.3 is 14.8 Å². The summed E-state index contributed by atoms with van der Waals surface area (Å²) >= 11 is 0.183. The highest BCUT2D eigenvalue weighted by atomic mass is 32.2. The first-order valence-corrected chi connectivity index (χ1v) is 10.8. The van der Waals surface area contributed by atoms with Crippen LogP contribution >= 0.6 is 11.3 Å². The van der Waals surface area contributed by atoms with Gasteiger partial charge in [-0.2, -0.15) is 0 Å². The number of rotatable bonds is 5. The van der Waals surface area contributed by atoms with Crippen LogP contribution in [0.3, 0.4) is 0 Å². The summed E-state index contributed by atoms with van der Waals surface area (Å²) in [5, 5.41) is 4.99. The van der Waals surface area contributed by atoms with Gasteiger partial charge in [0, 0.05) is 54.6 Å². The Bertz CT molecular complexity index is 1210. The molecule has 0 bridgehead atoms. The fraction of sp³-hybridized carbons (Fsp3) is 0.150. The van der Waals surface area contributed by atoms with Crippen LogP contribution in [0.15, 0.2) is 53.6 Å². The first-order chi connectivity index (χ1) is 14.0. The summed E-state index contributed by atoms with van der Waals surface area (Å²) < 4.78 is 15.7. The maximum atomic E-state index is 12.3. The van der Waals surface area contributed by atoms with Crippen molar-refractivity contribution in [3.8, 4) is 0 Å². The van der Waals surface area contributed by atoms with Gasteiger partial charge in [-0.05, 0) is 30.3 Å². The number of carbonyl (C=O) groups is 1. The van der Waals surface area contributed by atoms with Crippen LogP contribution in [0, 0.1) is 0 Å². The molecule has 29 heavy (non-hydrogen) atoms. The maximum absolute atomic E-state index is 12.3. The second-order valence-corrected chi connectivity index (χ2v) is 9.05. The first-order valence-electron chi connectivity index (χ1n) is 8.83. The van der Waals surface area contributed by atoms with Crippen LogP contribution in [-0.4, -0.2) is 46.5 Å². The molecule has 1 atom stereocenters. The van der Waals surface area contributed by atoms with Crippen molar-refractivity contribution in [3.05, 3.63) is 53.5 Å². The van der Waals surface area contributed by atoms with E-state index in [1.807, 2.05) is 30.3 Å². The van der Waals surface area contributed by atoms with E-state index in [2.05, 4.69) is 20.0 Å². The fourth-order valence-corrected chi connectivity index (χ4v) is 4.69. The van der Waals surface area contributed by atoms with Gasteiger partial charge in [0.25, 0.3) is 5.91 Å². The molecule has 7 nitrogen and oxygen atoms in total. The molecule has 2 heterocycles. The van der Waals surface area contributed by atoms with Crippen molar-refractivity contribution in [2.75, 3.05) is 26.5 Å². The molecule has 1 amide bonds. The van der Waals surface area contributed by atoms with Gasteiger partial charge >= 0.3 is 0 Å². The molecule has 0 spiro atoms. The van der Waals surface area contributed by atoms with E-state index < -0.39 is 11.4 Å². The van der Waals surface area contributed by atoms with Crippen molar-refractivity contribution in [1.29, 1.82) is 0 Å². The number of fused-ring (bicyclic) bond motifs is 3. The van der Waals surface area contributed by atoms with Crippen LogP contribution in [-0.2, 0) is 11.4 Å². The molecule has 0 saturated heterocycles. The van der Waals surface area contributed by atoms with Gasteiger partial charge in [-0.1, -0.05) is 6.07 Å². The SMILES string of the molecule is CN[S+]([O-])c1cccc(Nc2ncc3ccc4sc(C(=O)N(C)C)cc4c3n2)c1. The second kappa shape index (κ2) is 7.96. The van der Waals surface area contributed by atoms with Crippen LogP contribution in [0.4, 0.5) is 11.6 Å². The summed E-state index contributed by atoms with van der Waals surface area (Å²) in [5.41, 5.74) is 1.52. The van der Waals surface area contributed by atoms with Crippen LogP contribution in [0.5, 0.6) is 0 Å². The molecule has 0 saturated carbocycles. The van der Waals surface area contributed by atoms with Crippen molar-refractivity contribution < 1.29 is 9.35 Å². The summed E-state index contributed by atoms with van der Waals surface area (Å²) in [6.45, 7) is 0. The van der Waals surface area contributed by atoms with Crippen molar-refractivity contribution in [3.63, 3.8) is 0 Å². The molecule has 2 aromatic heterocycles. The van der Waals surface area contributed by atoms with E-state index in [-0.39, 0.29) is 5.91 Å². The third kappa shape index (κ3) is 3.90. The standard InChI is InChI=1S/C20H19N5O2S2/c1-21-29(27)14-6-4-5-13(9-14)23-20-22-11-12-7-8-16-15(18(12)24-20)10-17(28-16)19(26)25(2)3/h4-11,21H,1-3H3,(H,22,23,24). The van der Waals surface area contributed by atoms with E-state index >= 15 is 0 Å². The molecule has 4 aromatic rings. The predicted octanol–water partition coefficient (Wildman–Crippen LogP) is 3.53. The number of aromatic nitrogens is 2. The molecular weight excluding hydrogens is 406 g/mol. The Morgan fingerprint density at radius 3 is 2.79 bits per heavy atom. The van der Waals surface area contributed by atoms with Gasteiger partial charge in [0.1, 0.15) is 0 Å². The molecule has 4 rings (SSSR count). The number of thiophene rings is 1. The zero-order valence-electron chi connectivity index (χ0n) is 16.1. The van der Waals surface area contributed by atoms with Gasteiger partial charge in [-0.25, -0.2) is 9.97 Å². The molecule has 9 heteroatoms. The van der Waals surface area contributed by atoms with E-state index in [1.54, 1.807) is 44.4 Å². The third-order valence-electron chi connectivity index (χ3n) is 4.35. The van der Waals surface area contributed by atoms with E-state index in [9.17, 15) is 9.35 Å². The highest BCUT2D eigenvalue weighted by Crippen LogP contribution is 2.32. The smallest absolute Gasteiger partial charge is 0.263 e. The Kier molecular flexibility index (Phi) is 5.37. The monoisotopic (exact) mass is 425 g/mol. The minimum absolute atomic E-state index is 0.0268. The maximum Gasteiger partial charge on any atom is 0.263 e. The minimum Gasteiger partial charge on any atom is -0.593 e. The number of benzene rings is 2. The quantitative estimate of drug-likeness (QED) is 0.475. The van der Waals surface area contributed by atoms with Gasteiger partial charge in [0.2, 0.25) is 5.95 Å². The molecule has 148 valence electrons. The number of anilines is 2. The normalized spacial score (nSPS) is 12.3. The average Bonchev–Trinajstić information content (AvgIpc) is 3.17. The Labute approximate surface area is 175 Å². The van der Waals surface area contributed by atoms with E-state index in [4.69, 9.17) is 0 Å². The van der Waals surface area contributed by atoms with Crippen LogP contribution in [0.2, 0.25) is 0 Å². The summed E-state index contributed by atoms with van der Waals surface area (Å²) in [7, 11) is 5.12. The van der Waals surface area contributed by atoms with Crippen LogP contribution < -0.4 is 10.0 Å². The minimum atomic E-state index is -1.27. The molecular formula is C20H19N5O2S2. The van der Waals surface area contributed by atoms with Crippen LogP contribution in [0.25, 0.3) is 21.0 Å². The Hall–Kier alpha value is -2.72. The molecule has 0 radical (unpaired) electrons. The zero-order chi connectivity index (χ0) is 20.5. The van der Waals surface area contributed by atoms with Gasteiger partial charge in [-0.15, -0.1) is 16.1 Å². The van der Waals surface area contributed by atoms with Crippen LogP contribution in [0.1, 0.15) is 9.67 Å². The number of nitrogens with one attached hydrogen (secondary N) is 2. The van der Waals surface area contributed by atoms with Crippen molar-refractivity contribution >= 4 is 61.2 Å². The summed E-state index contributed by atoms with van der Waals surface area (Å²) in [6, 6.07) is 13.1. The van der Waals surface area contributed by atoms with Crippen molar-refractivity contribution in [1.82, 2.24) is 19.6 Å². The molecule has 1 unspecified atom stereocenters. The number of hydrogen-bond acceptors (Lipinski definition) is 7. The second-order valence-electron chi connectivity index (χ2n) is 6.54. The topological polar surface area (TPSA) is 93.2 Å². The largest absolute Gasteiger partial charge is 0.593 e. The van der Waals surface area contributed by atoms with E-state index in [0.717, 1.165) is 26.7 Å². The highest BCUT2D eigenvalue weighted by Gasteiger charge is 2.15. The number of carbonyl (C=O) groups excluding carboxylic acids is 1. The van der Waals surface area contributed by atoms with Crippen molar-refractivity contribution in [2.24, 2.45) is 0 Å². The summed E-state index contributed by atoms with van der Waals surface area (Å²) in [5.74, 6) is 0.408. The van der Waals surface area contributed by atoms with Gasteiger partial charge in [0.05, 0.1) is 21.8 Å². The Balaban J connectivity index is 1.73. The lowest BCUT2D eigenvalue weighted by Crippen LogP contribution is -2.20. The summed E-state index contributed by atoms with van der Waals surface area (Å²) in [4.78, 5) is 24.3. The van der Waals surface area contributed by atoms with Crippen molar-refractivity contribution in [2.45, 2.75) is 4.90 Å². The average molecular weight is 426 g/mol. The highest BCUT2D eigenvalue weighted by molar-refractivity contribution is 7.89. The Morgan fingerprint density at radius 1 is 1.21 bits per heavy atom. The molecule has 0 aliphatic heterocycles. The van der Waals surface area contributed by atoms with E-state index in [1.165, 1.54) is 11.3 Å². The molecule has 2 aromatic carbocycles. The number of amides is 1. The number of hydrogen-bond donors (Lipinski definition) is 2. The lowest BCUT2D eigenvalue weighted by atomic mass is 10.2. The lowest BCUT2D eigenvalue weighted by molar-refractivity contribution is 0.0832. The molecule has 0 fully saturated rings. The predicted molar refractivity (Wildman–Crippen MR) is 118 cm³/mol. The molecule has 0 aliphatic rings. The molecule has 0 aliphatic carbocycles.